The van der Waals surface area contributed by atoms with Gasteiger partial charge in [-0.1, -0.05) is 6.07 Å². The number of thioether (sulfide) groups is 1. The van der Waals surface area contributed by atoms with Crippen molar-refractivity contribution in [2.24, 2.45) is 0 Å². The molecule has 0 saturated heterocycles. The maximum absolute atomic E-state index is 11.6. The lowest BCUT2D eigenvalue weighted by molar-refractivity contribution is -0.118. The van der Waals surface area contributed by atoms with E-state index in [0.29, 0.717) is 24.6 Å². The number of hydrogen-bond donors (Lipinski definition) is 2. The predicted molar refractivity (Wildman–Crippen MR) is 87.6 cm³/mol. The summed E-state index contributed by atoms with van der Waals surface area (Å²) in [6.07, 6.45) is 1.26. The first kappa shape index (κ1) is 18.3. The smallest absolute Gasteiger partial charge is 0.407 e. The van der Waals surface area contributed by atoms with Crippen LogP contribution in [0.5, 0.6) is 0 Å². The molecule has 0 aliphatic rings. The van der Waals surface area contributed by atoms with Crippen LogP contribution in [-0.2, 0) is 16.1 Å². The van der Waals surface area contributed by atoms with E-state index in [9.17, 15) is 9.59 Å². The zero-order valence-electron chi connectivity index (χ0n) is 13.2. The van der Waals surface area contributed by atoms with Crippen molar-refractivity contribution in [3.63, 3.8) is 0 Å². The van der Waals surface area contributed by atoms with Gasteiger partial charge in [-0.2, -0.15) is 11.8 Å². The number of carbonyl (C=O) groups is 2. The van der Waals surface area contributed by atoms with Gasteiger partial charge in [0.25, 0.3) is 0 Å². The van der Waals surface area contributed by atoms with E-state index in [1.165, 1.54) is 11.8 Å². The first-order valence-corrected chi connectivity index (χ1v) is 8.23. The number of aromatic nitrogens is 1. The SMILES string of the molecule is CC(C)(C)OC(=O)NCCSCC(=O)NCc1ccccn1. The van der Waals surface area contributed by atoms with Gasteiger partial charge in [-0.05, 0) is 32.9 Å². The number of nitrogens with zero attached hydrogens (tertiary/aromatic N) is 1. The molecule has 0 aromatic carbocycles. The van der Waals surface area contributed by atoms with Gasteiger partial charge in [0, 0.05) is 18.5 Å². The molecular weight excluding hydrogens is 302 g/mol. The van der Waals surface area contributed by atoms with E-state index < -0.39 is 11.7 Å². The lowest BCUT2D eigenvalue weighted by atomic mass is 10.2. The van der Waals surface area contributed by atoms with Crippen molar-refractivity contribution in [3.8, 4) is 0 Å². The first-order chi connectivity index (χ1) is 10.4. The van der Waals surface area contributed by atoms with Gasteiger partial charge in [0.05, 0.1) is 18.0 Å². The summed E-state index contributed by atoms with van der Waals surface area (Å²) in [4.78, 5) is 27.1. The Morgan fingerprint density at radius 2 is 2.05 bits per heavy atom. The number of carbonyl (C=O) groups excluding carboxylic acids is 2. The van der Waals surface area contributed by atoms with Crippen LogP contribution in [0.3, 0.4) is 0 Å². The Bertz CT molecular complexity index is 475. The molecule has 0 fully saturated rings. The first-order valence-electron chi connectivity index (χ1n) is 7.08. The standard InChI is InChI=1S/C15H23N3O3S/c1-15(2,3)21-14(20)17-8-9-22-11-13(19)18-10-12-6-4-5-7-16-12/h4-7H,8-11H2,1-3H3,(H,17,20)(H,18,19). The molecule has 1 aromatic heterocycles. The Morgan fingerprint density at radius 3 is 2.68 bits per heavy atom. The van der Waals surface area contributed by atoms with Crippen LogP contribution in [-0.4, -0.2) is 40.6 Å². The number of nitrogens with one attached hydrogen (secondary N) is 2. The molecule has 0 radical (unpaired) electrons. The molecule has 122 valence electrons. The lowest BCUT2D eigenvalue weighted by Gasteiger charge is -2.19. The average Bonchev–Trinajstić information content (AvgIpc) is 2.44. The normalized spacial score (nSPS) is 10.9. The molecule has 1 rings (SSSR count). The van der Waals surface area contributed by atoms with Crippen LogP contribution in [0.1, 0.15) is 26.5 Å². The molecule has 0 aliphatic heterocycles. The molecule has 0 unspecified atom stereocenters. The third-order valence-corrected chi connectivity index (χ3v) is 3.30. The average molecular weight is 325 g/mol. The van der Waals surface area contributed by atoms with Gasteiger partial charge < -0.3 is 15.4 Å². The lowest BCUT2D eigenvalue weighted by Crippen LogP contribution is -2.33. The van der Waals surface area contributed by atoms with E-state index in [-0.39, 0.29) is 5.91 Å². The minimum atomic E-state index is -0.497. The van der Waals surface area contributed by atoms with Gasteiger partial charge >= 0.3 is 6.09 Å². The molecule has 0 aliphatic carbocycles. The largest absolute Gasteiger partial charge is 0.444 e. The number of ether oxygens (including phenoxy) is 1. The van der Waals surface area contributed by atoms with E-state index in [1.807, 2.05) is 39.0 Å². The third-order valence-electron chi connectivity index (χ3n) is 2.34. The molecule has 0 bridgehead atoms. The van der Waals surface area contributed by atoms with Crippen LogP contribution in [0.25, 0.3) is 0 Å². The summed E-state index contributed by atoms with van der Waals surface area (Å²) in [5.74, 6) is 0.951. The fourth-order valence-corrected chi connectivity index (χ4v) is 2.13. The fraction of sp³-hybridized carbons (Fsp3) is 0.533. The highest BCUT2D eigenvalue weighted by Gasteiger charge is 2.15. The van der Waals surface area contributed by atoms with Crippen molar-refractivity contribution in [3.05, 3.63) is 30.1 Å². The Balaban J connectivity index is 2.04. The summed E-state index contributed by atoms with van der Waals surface area (Å²) >= 11 is 1.45. The minimum absolute atomic E-state index is 0.0482. The topological polar surface area (TPSA) is 80.3 Å². The predicted octanol–water partition coefficient (Wildman–Crippen LogP) is 1.96. The second-order valence-electron chi connectivity index (χ2n) is 5.58. The highest BCUT2D eigenvalue weighted by molar-refractivity contribution is 7.99. The van der Waals surface area contributed by atoms with Crippen LogP contribution < -0.4 is 10.6 Å². The van der Waals surface area contributed by atoms with Crippen molar-refractivity contribution in [2.45, 2.75) is 32.9 Å². The van der Waals surface area contributed by atoms with Gasteiger partial charge in [-0.3, -0.25) is 9.78 Å². The van der Waals surface area contributed by atoms with E-state index in [1.54, 1.807) is 6.20 Å². The second-order valence-corrected chi connectivity index (χ2v) is 6.68. The molecule has 2 amide bonds. The molecule has 0 saturated carbocycles. The Labute approximate surface area is 135 Å². The van der Waals surface area contributed by atoms with Crippen molar-refractivity contribution in [1.29, 1.82) is 0 Å². The van der Waals surface area contributed by atoms with Crippen LogP contribution >= 0.6 is 11.8 Å². The summed E-state index contributed by atoms with van der Waals surface area (Å²) in [6.45, 7) is 6.33. The van der Waals surface area contributed by atoms with Crippen molar-refractivity contribution in [1.82, 2.24) is 15.6 Å². The summed E-state index contributed by atoms with van der Waals surface area (Å²) in [5.41, 5.74) is 0.329. The van der Waals surface area contributed by atoms with Crippen molar-refractivity contribution < 1.29 is 14.3 Å². The maximum atomic E-state index is 11.6. The summed E-state index contributed by atoms with van der Waals surface area (Å²) in [6, 6.07) is 5.57. The Kier molecular flexibility index (Phi) is 7.73. The summed E-state index contributed by atoms with van der Waals surface area (Å²) < 4.78 is 5.11. The van der Waals surface area contributed by atoms with E-state index in [2.05, 4.69) is 15.6 Å². The van der Waals surface area contributed by atoms with Crippen LogP contribution in [0.4, 0.5) is 4.79 Å². The Morgan fingerprint density at radius 1 is 1.27 bits per heavy atom. The monoisotopic (exact) mass is 325 g/mol. The van der Waals surface area contributed by atoms with Crippen LogP contribution in [0.2, 0.25) is 0 Å². The molecule has 7 heteroatoms. The van der Waals surface area contributed by atoms with Gasteiger partial charge in [-0.15, -0.1) is 0 Å². The van der Waals surface area contributed by atoms with Crippen molar-refractivity contribution >= 4 is 23.8 Å². The maximum Gasteiger partial charge on any atom is 0.407 e. The molecule has 22 heavy (non-hydrogen) atoms. The molecule has 1 heterocycles. The number of alkyl carbamates (subject to hydrolysis) is 1. The van der Waals surface area contributed by atoms with Gasteiger partial charge in [0.2, 0.25) is 5.91 Å². The van der Waals surface area contributed by atoms with E-state index in [0.717, 1.165) is 5.69 Å². The van der Waals surface area contributed by atoms with Crippen LogP contribution in [0.15, 0.2) is 24.4 Å². The number of rotatable bonds is 7. The fourth-order valence-electron chi connectivity index (χ4n) is 1.45. The molecule has 0 spiro atoms. The zero-order chi connectivity index (χ0) is 16.4. The van der Waals surface area contributed by atoms with E-state index >= 15 is 0 Å². The van der Waals surface area contributed by atoms with Gasteiger partial charge in [0.15, 0.2) is 0 Å². The molecule has 1 aromatic rings. The molecule has 6 nitrogen and oxygen atoms in total. The number of hydrogen-bond acceptors (Lipinski definition) is 5. The van der Waals surface area contributed by atoms with E-state index in [4.69, 9.17) is 4.74 Å². The summed E-state index contributed by atoms with van der Waals surface area (Å²) in [5, 5.41) is 5.44. The zero-order valence-corrected chi connectivity index (χ0v) is 14.0. The minimum Gasteiger partial charge on any atom is -0.444 e. The second kappa shape index (κ2) is 9.30. The highest BCUT2D eigenvalue weighted by Crippen LogP contribution is 2.06. The van der Waals surface area contributed by atoms with Gasteiger partial charge in [-0.25, -0.2) is 4.79 Å². The van der Waals surface area contributed by atoms with Crippen molar-refractivity contribution in [2.75, 3.05) is 18.1 Å². The van der Waals surface area contributed by atoms with Crippen LogP contribution in [0, 0.1) is 0 Å². The molecule has 0 atom stereocenters. The number of pyridine rings is 1. The Hall–Kier alpha value is -1.76. The third kappa shape index (κ3) is 9.23. The number of amides is 2. The quantitative estimate of drug-likeness (QED) is 0.749. The van der Waals surface area contributed by atoms with Gasteiger partial charge in [0.1, 0.15) is 5.60 Å². The summed E-state index contributed by atoms with van der Waals surface area (Å²) in [7, 11) is 0. The highest BCUT2D eigenvalue weighted by atomic mass is 32.2. The molecular formula is C15H23N3O3S. The molecule has 2 N–H and O–H groups in total.